The van der Waals surface area contributed by atoms with Crippen molar-refractivity contribution in [1.82, 2.24) is 4.98 Å². The Kier molecular flexibility index (Phi) is 2.64. The fourth-order valence-corrected chi connectivity index (χ4v) is 1.94. The molecule has 0 bridgehead atoms. The molecule has 18 heavy (non-hydrogen) atoms. The number of carbonyl (C=O) groups is 1. The Morgan fingerprint density at radius 2 is 2.11 bits per heavy atom. The molecule has 0 atom stereocenters. The van der Waals surface area contributed by atoms with Crippen molar-refractivity contribution in [3.8, 4) is 0 Å². The van der Waals surface area contributed by atoms with Crippen LogP contribution in [0.15, 0.2) is 22.6 Å². The number of hydrogen-bond acceptors (Lipinski definition) is 5. The molecular weight excluding hydrogens is 236 g/mol. The van der Waals surface area contributed by atoms with E-state index in [1.54, 1.807) is 6.07 Å². The molecule has 3 rings (SSSR count). The van der Waals surface area contributed by atoms with Gasteiger partial charge >= 0.3 is 5.97 Å². The molecule has 2 aromatic rings. The highest BCUT2D eigenvalue weighted by atomic mass is 16.5. The van der Waals surface area contributed by atoms with E-state index in [-0.39, 0.29) is 5.56 Å². The normalized spacial score (nSPS) is 16.1. The minimum absolute atomic E-state index is 0.212. The number of nitrogens with zero attached hydrogens (tertiary/aromatic N) is 2. The van der Waals surface area contributed by atoms with Crippen LogP contribution in [0.2, 0.25) is 0 Å². The van der Waals surface area contributed by atoms with E-state index in [4.69, 9.17) is 14.3 Å². The summed E-state index contributed by atoms with van der Waals surface area (Å²) in [5, 5.41) is 8.91. The van der Waals surface area contributed by atoms with Crippen LogP contribution in [-0.4, -0.2) is 42.4 Å². The maximum absolute atomic E-state index is 10.9. The molecule has 0 amide bonds. The first-order valence-electron chi connectivity index (χ1n) is 5.70. The summed E-state index contributed by atoms with van der Waals surface area (Å²) in [5.41, 5.74) is 1.38. The van der Waals surface area contributed by atoms with E-state index >= 15 is 0 Å². The zero-order chi connectivity index (χ0) is 12.5. The number of aromatic carboxylic acids is 1. The van der Waals surface area contributed by atoms with Gasteiger partial charge in [0, 0.05) is 13.1 Å². The lowest BCUT2D eigenvalue weighted by Crippen LogP contribution is -2.36. The van der Waals surface area contributed by atoms with Gasteiger partial charge in [-0.05, 0) is 18.2 Å². The zero-order valence-electron chi connectivity index (χ0n) is 9.63. The van der Waals surface area contributed by atoms with Crippen LogP contribution in [0.25, 0.3) is 11.1 Å². The average Bonchev–Trinajstić information content (AvgIpc) is 2.82. The summed E-state index contributed by atoms with van der Waals surface area (Å²) < 4.78 is 10.9. The summed E-state index contributed by atoms with van der Waals surface area (Å²) in [6.45, 7) is 2.77. The molecule has 1 N–H and O–H groups in total. The zero-order valence-corrected chi connectivity index (χ0v) is 9.63. The standard InChI is InChI=1S/C12H12N2O4/c15-11(16)8-1-2-10-9(7-8)13-12(18-10)14-3-5-17-6-4-14/h1-2,7H,3-6H2,(H,15,16). The van der Waals surface area contributed by atoms with Crippen molar-refractivity contribution in [3.05, 3.63) is 23.8 Å². The van der Waals surface area contributed by atoms with Gasteiger partial charge in [-0.2, -0.15) is 4.98 Å². The summed E-state index contributed by atoms with van der Waals surface area (Å²) in [7, 11) is 0. The van der Waals surface area contributed by atoms with Crippen LogP contribution in [0.5, 0.6) is 0 Å². The number of fused-ring (bicyclic) bond motifs is 1. The lowest BCUT2D eigenvalue weighted by Gasteiger charge is -2.24. The van der Waals surface area contributed by atoms with Gasteiger partial charge in [0.05, 0.1) is 18.8 Å². The van der Waals surface area contributed by atoms with E-state index in [1.165, 1.54) is 12.1 Å². The molecule has 1 aliphatic rings. The second kappa shape index (κ2) is 4.30. The van der Waals surface area contributed by atoms with E-state index in [2.05, 4.69) is 4.98 Å². The highest BCUT2D eigenvalue weighted by Gasteiger charge is 2.17. The first kappa shape index (κ1) is 11.0. The molecule has 6 nitrogen and oxygen atoms in total. The van der Waals surface area contributed by atoms with Crippen LogP contribution in [0.1, 0.15) is 10.4 Å². The average molecular weight is 248 g/mol. The Morgan fingerprint density at radius 3 is 2.83 bits per heavy atom. The number of aromatic nitrogens is 1. The number of rotatable bonds is 2. The minimum Gasteiger partial charge on any atom is -0.478 e. The summed E-state index contributed by atoms with van der Waals surface area (Å²) in [6.07, 6.45) is 0. The Hall–Kier alpha value is -2.08. The van der Waals surface area contributed by atoms with Crippen LogP contribution < -0.4 is 4.90 Å². The van der Waals surface area contributed by atoms with E-state index in [0.717, 1.165) is 13.1 Å². The number of anilines is 1. The summed E-state index contributed by atoms with van der Waals surface area (Å²) in [4.78, 5) is 17.2. The molecular formula is C12H12N2O4. The van der Waals surface area contributed by atoms with Gasteiger partial charge in [0.15, 0.2) is 5.58 Å². The van der Waals surface area contributed by atoms with Gasteiger partial charge in [-0.1, -0.05) is 0 Å². The third-order valence-corrected chi connectivity index (χ3v) is 2.90. The van der Waals surface area contributed by atoms with E-state index < -0.39 is 5.97 Å². The maximum atomic E-state index is 10.9. The summed E-state index contributed by atoms with van der Waals surface area (Å²) in [5.74, 6) is -0.965. The topological polar surface area (TPSA) is 75.8 Å². The number of benzene rings is 1. The second-order valence-corrected chi connectivity index (χ2v) is 4.08. The Morgan fingerprint density at radius 1 is 1.33 bits per heavy atom. The van der Waals surface area contributed by atoms with E-state index in [0.29, 0.717) is 30.3 Å². The van der Waals surface area contributed by atoms with Crippen LogP contribution in [-0.2, 0) is 4.74 Å². The van der Waals surface area contributed by atoms with Crippen molar-refractivity contribution in [1.29, 1.82) is 0 Å². The van der Waals surface area contributed by atoms with E-state index in [9.17, 15) is 4.79 Å². The van der Waals surface area contributed by atoms with Gasteiger partial charge in [0.25, 0.3) is 6.01 Å². The molecule has 1 aliphatic heterocycles. The number of hydrogen-bond donors (Lipinski definition) is 1. The predicted molar refractivity (Wildman–Crippen MR) is 64.0 cm³/mol. The molecule has 1 saturated heterocycles. The van der Waals surface area contributed by atoms with Gasteiger partial charge in [-0.25, -0.2) is 4.79 Å². The van der Waals surface area contributed by atoms with Crippen molar-refractivity contribution in [2.24, 2.45) is 0 Å². The first-order valence-corrected chi connectivity index (χ1v) is 5.70. The highest BCUT2D eigenvalue weighted by Crippen LogP contribution is 2.23. The largest absolute Gasteiger partial charge is 0.478 e. The minimum atomic E-state index is -0.965. The molecule has 0 aliphatic carbocycles. The smallest absolute Gasteiger partial charge is 0.335 e. The SMILES string of the molecule is O=C(O)c1ccc2oc(N3CCOCC3)nc2c1. The molecule has 2 heterocycles. The molecule has 0 spiro atoms. The van der Waals surface area contributed by atoms with Crippen molar-refractivity contribution < 1.29 is 19.1 Å². The monoisotopic (exact) mass is 248 g/mol. The van der Waals surface area contributed by atoms with E-state index in [1.807, 2.05) is 4.90 Å². The maximum Gasteiger partial charge on any atom is 0.335 e. The predicted octanol–water partition coefficient (Wildman–Crippen LogP) is 1.36. The number of carboxylic acids is 1. The second-order valence-electron chi connectivity index (χ2n) is 4.08. The van der Waals surface area contributed by atoms with Gasteiger partial charge in [0.2, 0.25) is 0 Å². The van der Waals surface area contributed by atoms with Gasteiger partial charge in [0.1, 0.15) is 5.52 Å². The third kappa shape index (κ3) is 1.91. The molecule has 1 fully saturated rings. The summed E-state index contributed by atoms with van der Waals surface area (Å²) in [6, 6.07) is 5.19. The van der Waals surface area contributed by atoms with Crippen molar-refractivity contribution in [2.45, 2.75) is 0 Å². The van der Waals surface area contributed by atoms with Crippen LogP contribution in [0, 0.1) is 0 Å². The van der Waals surface area contributed by atoms with Crippen molar-refractivity contribution in [2.75, 3.05) is 31.2 Å². The number of carboxylic acid groups (broad SMARTS) is 1. The fourth-order valence-electron chi connectivity index (χ4n) is 1.94. The number of morpholine rings is 1. The van der Waals surface area contributed by atoms with Gasteiger partial charge in [-0.3, -0.25) is 0 Å². The Balaban J connectivity index is 1.97. The third-order valence-electron chi connectivity index (χ3n) is 2.90. The van der Waals surface area contributed by atoms with Gasteiger partial charge in [-0.15, -0.1) is 0 Å². The molecule has 0 radical (unpaired) electrons. The number of ether oxygens (including phenoxy) is 1. The van der Waals surface area contributed by atoms with Crippen LogP contribution in [0.3, 0.4) is 0 Å². The van der Waals surface area contributed by atoms with Gasteiger partial charge < -0.3 is 19.2 Å². The Labute approximate surface area is 103 Å². The Bertz CT molecular complexity index is 587. The summed E-state index contributed by atoms with van der Waals surface area (Å²) >= 11 is 0. The molecule has 1 aromatic heterocycles. The molecule has 1 aromatic carbocycles. The lowest BCUT2D eigenvalue weighted by molar-refractivity contribution is 0.0697. The van der Waals surface area contributed by atoms with Crippen LogP contribution >= 0.6 is 0 Å². The molecule has 0 saturated carbocycles. The molecule has 0 unspecified atom stereocenters. The highest BCUT2D eigenvalue weighted by molar-refractivity contribution is 5.92. The lowest BCUT2D eigenvalue weighted by atomic mass is 10.2. The van der Waals surface area contributed by atoms with Crippen LogP contribution in [0.4, 0.5) is 6.01 Å². The first-order chi connectivity index (χ1) is 8.74. The molecule has 6 heteroatoms. The van der Waals surface area contributed by atoms with Crippen molar-refractivity contribution >= 4 is 23.1 Å². The fraction of sp³-hybridized carbons (Fsp3) is 0.333. The number of oxazole rings is 1. The quantitative estimate of drug-likeness (QED) is 0.864. The molecule has 94 valence electrons. The van der Waals surface area contributed by atoms with Crippen molar-refractivity contribution in [3.63, 3.8) is 0 Å².